The Morgan fingerprint density at radius 3 is 3.00 bits per heavy atom. The number of aromatic hydroxyl groups is 2. The van der Waals surface area contributed by atoms with Crippen LogP contribution in [0.5, 0.6) is 11.9 Å². The van der Waals surface area contributed by atoms with Crippen molar-refractivity contribution in [2.75, 3.05) is 7.11 Å². The monoisotopic (exact) mass is 235 g/mol. The van der Waals surface area contributed by atoms with Crippen molar-refractivity contribution in [3.8, 4) is 11.9 Å². The number of hydrogen-bond acceptors (Lipinski definition) is 6. The minimum absolute atomic E-state index is 0.0892. The Labute approximate surface area is 100.0 Å². The van der Waals surface area contributed by atoms with Crippen LogP contribution in [0.4, 0.5) is 0 Å². The normalized spacial score (nSPS) is 12.8. The molecule has 0 aliphatic rings. The van der Waals surface area contributed by atoms with Crippen molar-refractivity contribution in [2.45, 2.75) is 19.4 Å². The second-order valence-corrected chi connectivity index (χ2v) is 3.43. The SMILES string of the molecule is CO/B=N\[C@@H](C)C/C=C/c1cnc(O)nc1O. The predicted molar refractivity (Wildman–Crippen MR) is 63.7 cm³/mol. The van der Waals surface area contributed by atoms with Crippen molar-refractivity contribution >= 4 is 13.4 Å². The topological polar surface area (TPSA) is 87.8 Å². The van der Waals surface area contributed by atoms with E-state index >= 15 is 0 Å². The minimum atomic E-state index is -0.447. The third-order valence-electron chi connectivity index (χ3n) is 1.98. The van der Waals surface area contributed by atoms with E-state index in [1.165, 1.54) is 20.6 Å². The molecule has 0 fully saturated rings. The molecule has 6 nitrogen and oxygen atoms in total. The van der Waals surface area contributed by atoms with E-state index in [0.29, 0.717) is 12.0 Å². The Morgan fingerprint density at radius 1 is 1.59 bits per heavy atom. The molecule has 0 saturated carbocycles. The van der Waals surface area contributed by atoms with Gasteiger partial charge in [-0.25, -0.2) is 0 Å². The van der Waals surface area contributed by atoms with Crippen LogP contribution in [-0.4, -0.2) is 40.6 Å². The number of aromatic nitrogens is 2. The van der Waals surface area contributed by atoms with E-state index in [-0.39, 0.29) is 11.9 Å². The Hall–Kier alpha value is -1.92. The van der Waals surface area contributed by atoms with Gasteiger partial charge in [-0.05, 0) is 0 Å². The summed E-state index contributed by atoms with van der Waals surface area (Å²) < 4.78 is 4.71. The molecule has 0 bridgehead atoms. The van der Waals surface area contributed by atoms with Gasteiger partial charge in [0.25, 0.3) is 0 Å². The van der Waals surface area contributed by atoms with E-state index in [2.05, 4.69) is 14.9 Å². The van der Waals surface area contributed by atoms with Crippen LogP contribution in [-0.2, 0) is 4.65 Å². The number of rotatable bonds is 5. The first-order valence-corrected chi connectivity index (χ1v) is 5.09. The quantitative estimate of drug-likeness (QED) is 0.746. The summed E-state index contributed by atoms with van der Waals surface area (Å²) in [4.78, 5) is 11.1. The molecule has 0 amide bonds. The summed E-state index contributed by atoms with van der Waals surface area (Å²) in [5.74, 6) is -0.248. The molecule has 1 rings (SSSR count). The molecule has 17 heavy (non-hydrogen) atoms. The summed E-state index contributed by atoms with van der Waals surface area (Å²) >= 11 is 0. The zero-order valence-electron chi connectivity index (χ0n) is 9.74. The van der Waals surface area contributed by atoms with Crippen molar-refractivity contribution in [2.24, 2.45) is 4.90 Å². The number of nitrogens with zero attached hydrogens (tertiary/aromatic N) is 3. The first-order valence-electron chi connectivity index (χ1n) is 5.09. The molecule has 0 radical (unpaired) electrons. The Balaban J connectivity index is 2.56. The molecule has 90 valence electrons. The third-order valence-corrected chi connectivity index (χ3v) is 1.98. The van der Waals surface area contributed by atoms with Crippen molar-refractivity contribution in [3.63, 3.8) is 0 Å². The van der Waals surface area contributed by atoms with Crippen LogP contribution < -0.4 is 0 Å². The maximum absolute atomic E-state index is 9.39. The van der Waals surface area contributed by atoms with Gasteiger partial charge in [0.2, 0.25) is 0 Å². The predicted octanol–water partition coefficient (Wildman–Crippen LogP) is 1.13. The van der Waals surface area contributed by atoms with Crippen LogP contribution in [0.15, 0.2) is 17.2 Å². The third kappa shape index (κ3) is 4.63. The fourth-order valence-corrected chi connectivity index (χ4v) is 1.11. The van der Waals surface area contributed by atoms with Gasteiger partial charge in [-0.15, -0.1) is 0 Å². The van der Waals surface area contributed by atoms with Crippen molar-refractivity contribution in [1.82, 2.24) is 9.97 Å². The maximum atomic E-state index is 9.39. The summed E-state index contributed by atoms with van der Waals surface area (Å²) in [5.41, 5.74) is 0.450. The van der Waals surface area contributed by atoms with E-state index in [4.69, 9.17) is 9.76 Å². The number of hydrogen-bond donors (Lipinski definition) is 2. The van der Waals surface area contributed by atoms with Gasteiger partial charge < -0.3 is 0 Å². The molecule has 0 spiro atoms. The van der Waals surface area contributed by atoms with E-state index < -0.39 is 6.01 Å². The van der Waals surface area contributed by atoms with Crippen LogP contribution in [0.2, 0.25) is 0 Å². The molecule has 0 saturated heterocycles. The van der Waals surface area contributed by atoms with E-state index in [1.54, 1.807) is 6.08 Å². The van der Waals surface area contributed by atoms with Gasteiger partial charge in [0.05, 0.1) is 0 Å². The van der Waals surface area contributed by atoms with Gasteiger partial charge in [0, 0.05) is 0 Å². The zero-order chi connectivity index (χ0) is 12.7. The average molecular weight is 235 g/mol. The molecule has 1 heterocycles. The molecule has 1 aromatic rings. The van der Waals surface area contributed by atoms with Crippen LogP contribution in [0, 0.1) is 0 Å². The van der Waals surface area contributed by atoms with Gasteiger partial charge in [-0.2, -0.15) is 0 Å². The molecule has 0 aliphatic heterocycles. The Bertz CT molecular complexity index is 423. The van der Waals surface area contributed by atoms with Crippen molar-refractivity contribution in [3.05, 3.63) is 17.8 Å². The fourth-order valence-electron chi connectivity index (χ4n) is 1.11. The summed E-state index contributed by atoms with van der Waals surface area (Å²) in [6.07, 6.45) is 5.55. The molecular weight excluding hydrogens is 221 g/mol. The first-order chi connectivity index (χ1) is 8.13. The molecular formula is C10H14BN3O3. The molecule has 7 heteroatoms. The molecule has 1 aromatic heterocycles. The van der Waals surface area contributed by atoms with Gasteiger partial charge >= 0.3 is 99.3 Å². The summed E-state index contributed by atoms with van der Waals surface area (Å²) in [5, 5.41) is 18.3. The van der Waals surface area contributed by atoms with E-state index in [9.17, 15) is 5.11 Å². The average Bonchev–Trinajstić information content (AvgIpc) is 2.29. The van der Waals surface area contributed by atoms with Crippen LogP contribution in [0.3, 0.4) is 0 Å². The Kier molecular flexibility index (Phi) is 5.12. The fraction of sp³-hybridized carbons (Fsp3) is 0.400. The molecule has 0 aliphatic carbocycles. The molecule has 1 atom stereocenters. The van der Waals surface area contributed by atoms with E-state index in [0.717, 1.165) is 0 Å². The molecule has 0 aromatic carbocycles. The summed E-state index contributed by atoms with van der Waals surface area (Å²) in [6, 6.07) is -0.357. The van der Waals surface area contributed by atoms with Gasteiger partial charge in [0.15, 0.2) is 0 Å². The standard InChI is InChI=1S/C10H14BN3O3/c1-7(14-11-17-2)4-3-5-8-6-12-10(16)13-9(8)15/h3,5-7H,4H2,1-2H3,(H2,12,13,15,16)/b5-3+/t7-/m0/s1. The molecule has 0 unspecified atom stereocenters. The van der Waals surface area contributed by atoms with Crippen LogP contribution in [0.1, 0.15) is 18.9 Å². The summed E-state index contributed by atoms with van der Waals surface area (Å²) in [7, 11) is 2.93. The second-order valence-electron chi connectivity index (χ2n) is 3.43. The first kappa shape index (κ1) is 13.2. The summed E-state index contributed by atoms with van der Waals surface area (Å²) in [6.45, 7) is 1.94. The van der Waals surface area contributed by atoms with Crippen molar-refractivity contribution < 1.29 is 14.9 Å². The van der Waals surface area contributed by atoms with E-state index in [1.807, 2.05) is 13.0 Å². The molecule has 2 N–H and O–H groups in total. The zero-order valence-corrected chi connectivity index (χ0v) is 9.74. The van der Waals surface area contributed by atoms with Crippen molar-refractivity contribution in [1.29, 1.82) is 0 Å². The van der Waals surface area contributed by atoms with Crippen LogP contribution >= 0.6 is 0 Å². The van der Waals surface area contributed by atoms with Gasteiger partial charge in [-0.1, -0.05) is 0 Å². The second kappa shape index (κ2) is 6.62. The van der Waals surface area contributed by atoms with Gasteiger partial charge in [-0.3, -0.25) is 0 Å². The Morgan fingerprint density at radius 2 is 2.35 bits per heavy atom. The van der Waals surface area contributed by atoms with Crippen LogP contribution in [0.25, 0.3) is 6.08 Å². The van der Waals surface area contributed by atoms with Gasteiger partial charge in [0.1, 0.15) is 0 Å².